The average Bonchev–Trinajstić information content (AvgIpc) is 3.24. The molecule has 120 valence electrons. The van der Waals surface area contributed by atoms with Crippen molar-refractivity contribution in [3.8, 4) is 22.5 Å². The van der Waals surface area contributed by atoms with Crippen molar-refractivity contribution >= 4 is 27.6 Å². The molecule has 7 heteroatoms. The van der Waals surface area contributed by atoms with Crippen LogP contribution in [0.5, 0.6) is 0 Å². The smallest absolute Gasteiger partial charge is 0.155 e. The van der Waals surface area contributed by atoms with Gasteiger partial charge < -0.3 is 10.7 Å². The first kappa shape index (κ1) is 13.7. The zero-order valence-electron chi connectivity index (χ0n) is 13.1. The molecule has 0 radical (unpaired) electrons. The fourth-order valence-electron chi connectivity index (χ4n) is 2.98. The summed E-state index contributed by atoms with van der Waals surface area (Å²) in [6, 6.07) is 7.90. The summed E-state index contributed by atoms with van der Waals surface area (Å²) >= 11 is 0. The molecule has 0 atom stereocenters. The Balaban J connectivity index is 1.70. The summed E-state index contributed by atoms with van der Waals surface area (Å²) in [7, 11) is 0. The minimum absolute atomic E-state index is 0.619. The maximum absolute atomic E-state index is 5.84. The van der Waals surface area contributed by atoms with Gasteiger partial charge in [-0.15, -0.1) is 0 Å². The molecule has 0 bridgehead atoms. The predicted molar refractivity (Wildman–Crippen MR) is 96.6 cm³/mol. The van der Waals surface area contributed by atoms with Gasteiger partial charge in [0.25, 0.3) is 0 Å². The topological polar surface area (TPSA) is 109 Å². The molecule has 0 amide bonds. The van der Waals surface area contributed by atoms with Gasteiger partial charge >= 0.3 is 0 Å². The lowest BCUT2D eigenvalue weighted by Crippen LogP contribution is -1.88. The third-order valence-corrected chi connectivity index (χ3v) is 4.19. The van der Waals surface area contributed by atoms with Crippen LogP contribution < -0.4 is 5.73 Å². The number of H-pyrrole nitrogens is 2. The molecule has 7 nitrogen and oxygen atoms in total. The van der Waals surface area contributed by atoms with Crippen LogP contribution in [0.3, 0.4) is 0 Å². The number of fused-ring (bicyclic) bond motifs is 2. The van der Waals surface area contributed by atoms with Crippen LogP contribution in [0.25, 0.3) is 44.5 Å². The fourth-order valence-corrected chi connectivity index (χ4v) is 2.98. The fraction of sp³-hybridized carbons (Fsp3) is 0. The van der Waals surface area contributed by atoms with Crippen LogP contribution in [-0.4, -0.2) is 30.1 Å². The molecule has 5 aromatic rings. The first-order valence-corrected chi connectivity index (χ1v) is 7.76. The lowest BCUT2D eigenvalue weighted by Gasteiger charge is -2.02. The summed E-state index contributed by atoms with van der Waals surface area (Å²) in [5.74, 6) is 0. The van der Waals surface area contributed by atoms with E-state index in [1.807, 2.05) is 30.5 Å². The van der Waals surface area contributed by atoms with Crippen LogP contribution in [0.15, 0.2) is 55.2 Å². The van der Waals surface area contributed by atoms with Crippen molar-refractivity contribution in [3.05, 3.63) is 55.2 Å². The van der Waals surface area contributed by atoms with Crippen LogP contribution in [0, 0.1) is 0 Å². The summed E-state index contributed by atoms with van der Waals surface area (Å²) in [6.07, 6.45) is 8.77. The van der Waals surface area contributed by atoms with Crippen molar-refractivity contribution < 1.29 is 0 Å². The van der Waals surface area contributed by atoms with Gasteiger partial charge in [0.1, 0.15) is 5.69 Å². The van der Waals surface area contributed by atoms with Crippen LogP contribution in [0.2, 0.25) is 0 Å². The standard InChI is InChI=1S/C18H13N7/c19-13-3-10(6-21-9-13)11-4-14-17(24-25-18(14)22-8-11)16-5-12-7-20-2-1-15(12)23-16/h1-9,23H,19H2,(H,22,24,25). The van der Waals surface area contributed by atoms with E-state index in [1.54, 1.807) is 24.8 Å². The second-order valence-corrected chi connectivity index (χ2v) is 5.85. The highest BCUT2D eigenvalue weighted by atomic mass is 15.2. The van der Waals surface area contributed by atoms with Gasteiger partial charge in [-0.3, -0.25) is 15.1 Å². The molecule has 0 aromatic carbocycles. The minimum atomic E-state index is 0.619. The predicted octanol–water partition coefficient (Wildman–Crippen LogP) is 3.15. The SMILES string of the molecule is Nc1cncc(-c2cnc3[nH]nc(-c4cc5cnccc5[nH]4)c3c2)c1. The number of nitrogens with two attached hydrogens (primary N) is 1. The van der Waals surface area contributed by atoms with Crippen LogP contribution >= 0.6 is 0 Å². The van der Waals surface area contributed by atoms with E-state index in [9.17, 15) is 0 Å². The molecule has 0 unspecified atom stereocenters. The van der Waals surface area contributed by atoms with E-state index in [0.29, 0.717) is 5.69 Å². The third-order valence-electron chi connectivity index (χ3n) is 4.19. The third kappa shape index (κ3) is 2.21. The Morgan fingerprint density at radius 1 is 0.920 bits per heavy atom. The van der Waals surface area contributed by atoms with E-state index < -0.39 is 0 Å². The lowest BCUT2D eigenvalue weighted by atomic mass is 10.1. The average molecular weight is 327 g/mol. The van der Waals surface area contributed by atoms with Crippen molar-refractivity contribution in [3.63, 3.8) is 0 Å². The van der Waals surface area contributed by atoms with Crippen molar-refractivity contribution in [1.82, 2.24) is 30.1 Å². The van der Waals surface area contributed by atoms with Crippen LogP contribution in [-0.2, 0) is 0 Å². The van der Waals surface area contributed by atoms with Gasteiger partial charge in [-0.2, -0.15) is 5.10 Å². The number of nitrogens with one attached hydrogen (secondary N) is 2. The van der Waals surface area contributed by atoms with E-state index in [2.05, 4.69) is 30.1 Å². The quantitative estimate of drug-likeness (QED) is 0.461. The summed E-state index contributed by atoms with van der Waals surface area (Å²) in [6.45, 7) is 0. The van der Waals surface area contributed by atoms with Gasteiger partial charge in [0, 0.05) is 58.4 Å². The van der Waals surface area contributed by atoms with Gasteiger partial charge in [0.15, 0.2) is 5.65 Å². The zero-order chi connectivity index (χ0) is 16.8. The van der Waals surface area contributed by atoms with Crippen LogP contribution in [0.1, 0.15) is 0 Å². The number of hydrogen-bond donors (Lipinski definition) is 3. The van der Waals surface area contributed by atoms with Crippen molar-refractivity contribution in [2.45, 2.75) is 0 Å². The molecule has 0 fully saturated rings. The number of rotatable bonds is 2. The molecule has 25 heavy (non-hydrogen) atoms. The van der Waals surface area contributed by atoms with E-state index in [4.69, 9.17) is 5.73 Å². The Morgan fingerprint density at radius 3 is 2.72 bits per heavy atom. The first-order valence-electron chi connectivity index (χ1n) is 7.76. The number of nitrogens with zero attached hydrogens (tertiary/aromatic N) is 4. The molecule has 0 aliphatic rings. The number of aromatic amines is 2. The van der Waals surface area contributed by atoms with Gasteiger partial charge in [-0.05, 0) is 24.3 Å². The molecular weight excluding hydrogens is 314 g/mol. The second kappa shape index (κ2) is 5.13. The number of pyridine rings is 3. The Kier molecular flexibility index (Phi) is 2.81. The van der Waals surface area contributed by atoms with Gasteiger partial charge in [0.05, 0.1) is 11.4 Å². The Bertz CT molecular complexity index is 1190. The highest BCUT2D eigenvalue weighted by Crippen LogP contribution is 2.30. The molecule has 0 aliphatic heterocycles. The molecule has 0 saturated heterocycles. The molecule has 0 saturated carbocycles. The van der Waals surface area contributed by atoms with Crippen molar-refractivity contribution in [2.75, 3.05) is 5.73 Å². The molecule has 4 N–H and O–H groups in total. The number of anilines is 1. The maximum atomic E-state index is 5.84. The molecule has 0 aliphatic carbocycles. The normalized spacial score (nSPS) is 11.4. The Morgan fingerprint density at radius 2 is 1.84 bits per heavy atom. The monoisotopic (exact) mass is 327 g/mol. The van der Waals surface area contributed by atoms with E-state index in [-0.39, 0.29) is 0 Å². The minimum Gasteiger partial charge on any atom is -0.397 e. The molecule has 5 aromatic heterocycles. The highest BCUT2D eigenvalue weighted by molar-refractivity contribution is 5.95. The Hall–Kier alpha value is -3.74. The van der Waals surface area contributed by atoms with E-state index >= 15 is 0 Å². The number of nitrogen functional groups attached to an aromatic ring is 1. The van der Waals surface area contributed by atoms with Gasteiger partial charge in [-0.25, -0.2) is 4.98 Å². The Labute approximate surface area is 142 Å². The van der Waals surface area contributed by atoms with Gasteiger partial charge in [0.2, 0.25) is 0 Å². The molecular formula is C18H13N7. The summed E-state index contributed by atoms with van der Waals surface area (Å²) < 4.78 is 0. The maximum Gasteiger partial charge on any atom is 0.155 e. The number of aromatic nitrogens is 6. The zero-order valence-corrected chi connectivity index (χ0v) is 13.1. The first-order chi connectivity index (χ1) is 12.3. The largest absolute Gasteiger partial charge is 0.397 e. The molecule has 5 rings (SSSR count). The van der Waals surface area contributed by atoms with Crippen molar-refractivity contribution in [1.29, 1.82) is 0 Å². The lowest BCUT2D eigenvalue weighted by molar-refractivity contribution is 1.10. The van der Waals surface area contributed by atoms with E-state index in [1.165, 1.54) is 0 Å². The number of hydrogen-bond acceptors (Lipinski definition) is 5. The summed E-state index contributed by atoms with van der Waals surface area (Å²) in [5, 5.41) is 9.39. The highest BCUT2D eigenvalue weighted by Gasteiger charge is 2.13. The van der Waals surface area contributed by atoms with Gasteiger partial charge in [-0.1, -0.05) is 0 Å². The van der Waals surface area contributed by atoms with Crippen molar-refractivity contribution in [2.24, 2.45) is 0 Å². The second-order valence-electron chi connectivity index (χ2n) is 5.85. The summed E-state index contributed by atoms with van der Waals surface area (Å²) in [4.78, 5) is 16.2. The summed E-state index contributed by atoms with van der Waals surface area (Å²) in [5.41, 5.74) is 11.8. The molecule has 5 heterocycles. The molecule has 0 spiro atoms. The van der Waals surface area contributed by atoms with Crippen LogP contribution in [0.4, 0.5) is 5.69 Å². The van der Waals surface area contributed by atoms with E-state index in [0.717, 1.165) is 44.5 Å².